The van der Waals surface area contributed by atoms with Crippen molar-refractivity contribution in [2.75, 3.05) is 26.7 Å². The Bertz CT molecular complexity index is 411. The maximum Gasteiger partial charge on any atom is 0.239 e. The number of carbonyl (C=O) groups is 2. The van der Waals surface area contributed by atoms with Crippen LogP contribution in [0.1, 0.15) is 41.5 Å². The predicted molar refractivity (Wildman–Crippen MR) is 105 cm³/mol. The minimum atomic E-state index is -0.398. The fraction of sp³-hybridized carbons (Fsp3) is 0.800. The molecule has 0 fully saturated rings. The molecule has 4 N–H and O–H groups in total. The molecule has 0 rings (SSSR count). The third-order valence-electron chi connectivity index (χ3n) is 2.54. The molecule has 0 spiro atoms. The smallest absolute Gasteiger partial charge is 0.239 e. The molecule has 0 aliphatic rings. The highest BCUT2D eigenvalue weighted by atomic mass is 127. The van der Waals surface area contributed by atoms with E-state index in [2.05, 4.69) is 26.3 Å². The summed E-state index contributed by atoms with van der Waals surface area (Å²) >= 11 is 0. The van der Waals surface area contributed by atoms with Crippen molar-refractivity contribution < 1.29 is 9.59 Å². The monoisotopic (exact) mass is 441 g/mol. The van der Waals surface area contributed by atoms with Crippen molar-refractivity contribution in [3.05, 3.63) is 0 Å². The van der Waals surface area contributed by atoms with Gasteiger partial charge >= 0.3 is 0 Å². The van der Waals surface area contributed by atoms with E-state index in [0.29, 0.717) is 19.0 Å². The summed E-state index contributed by atoms with van der Waals surface area (Å²) in [5.74, 6) is 0.423. The molecule has 0 aromatic carbocycles. The topological polar surface area (TPSA) is 94.6 Å². The van der Waals surface area contributed by atoms with Crippen molar-refractivity contribution >= 4 is 41.8 Å². The Morgan fingerprint density at radius 2 is 1.43 bits per heavy atom. The molecule has 0 aliphatic carbocycles. The third-order valence-corrected chi connectivity index (χ3v) is 2.54. The van der Waals surface area contributed by atoms with Gasteiger partial charge in [0.2, 0.25) is 11.8 Å². The summed E-state index contributed by atoms with van der Waals surface area (Å²) in [5, 5.41) is 11.7. The number of hydrogen-bond donors (Lipinski definition) is 4. The van der Waals surface area contributed by atoms with E-state index in [-0.39, 0.29) is 47.9 Å². The molecular formula is C15H32IN5O2. The largest absolute Gasteiger partial charge is 0.355 e. The molecule has 2 amide bonds. The van der Waals surface area contributed by atoms with Crippen LogP contribution in [0.4, 0.5) is 0 Å². The first kappa shape index (κ1) is 24.2. The van der Waals surface area contributed by atoms with Crippen LogP contribution in [0.3, 0.4) is 0 Å². The SMILES string of the molecule is CN=C(NCCNC(=O)C(C)(C)C)NCC(=O)NC(C)(C)C.I. The van der Waals surface area contributed by atoms with Crippen molar-refractivity contribution in [1.82, 2.24) is 21.3 Å². The molecule has 0 saturated heterocycles. The first-order valence-corrected chi connectivity index (χ1v) is 7.49. The maximum atomic E-state index is 11.7. The zero-order chi connectivity index (χ0) is 17.4. The first-order valence-electron chi connectivity index (χ1n) is 7.49. The number of guanidine groups is 1. The summed E-state index contributed by atoms with van der Waals surface area (Å²) in [6.45, 7) is 12.5. The van der Waals surface area contributed by atoms with Crippen LogP contribution in [0.2, 0.25) is 0 Å². The van der Waals surface area contributed by atoms with Gasteiger partial charge in [0.15, 0.2) is 5.96 Å². The Morgan fingerprint density at radius 3 is 1.87 bits per heavy atom. The van der Waals surface area contributed by atoms with Crippen molar-refractivity contribution in [2.24, 2.45) is 10.4 Å². The summed E-state index contributed by atoms with van der Waals surface area (Å²) in [4.78, 5) is 27.4. The van der Waals surface area contributed by atoms with E-state index in [1.54, 1.807) is 7.05 Å². The van der Waals surface area contributed by atoms with Crippen LogP contribution < -0.4 is 21.3 Å². The highest BCUT2D eigenvalue weighted by molar-refractivity contribution is 14.0. The lowest BCUT2D eigenvalue weighted by atomic mass is 9.96. The van der Waals surface area contributed by atoms with Gasteiger partial charge < -0.3 is 21.3 Å². The molecule has 0 heterocycles. The maximum absolute atomic E-state index is 11.7. The highest BCUT2D eigenvalue weighted by Crippen LogP contribution is 2.11. The van der Waals surface area contributed by atoms with Gasteiger partial charge in [-0.25, -0.2) is 0 Å². The van der Waals surface area contributed by atoms with Gasteiger partial charge in [-0.2, -0.15) is 0 Å². The Kier molecular flexibility index (Phi) is 11.2. The highest BCUT2D eigenvalue weighted by Gasteiger charge is 2.20. The van der Waals surface area contributed by atoms with E-state index in [1.807, 2.05) is 41.5 Å². The summed E-state index contributed by atoms with van der Waals surface area (Å²) in [5.41, 5.74) is -0.655. The van der Waals surface area contributed by atoms with Crippen molar-refractivity contribution in [3.8, 4) is 0 Å². The van der Waals surface area contributed by atoms with Crippen molar-refractivity contribution in [3.63, 3.8) is 0 Å². The lowest BCUT2D eigenvalue weighted by Gasteiger charge is -2.21. The summed E-state index contributed by atoms with van der Waals surface area (Å²) in [6, 6.07) is 0. The fourth-order valence-electron chi connectivity index (χ4n) is 1.47. The second kappa shape index (κ2) is 10.7. The zero-order valence-corrected chi connectivity index (χ0v) is 17.6. The van der Waals surface area contributed by atoms with Crippen LogP contribution in [0.5, 0.6) is 0 Å². The van der Waals surface area contributed by atoms with E-state index < -0.39 is 5.41 Å². The minimum absolute atomic E-state index is 0. The zero-order valence-electron chi connectivity index (χ0n) is 15.3. The number of halogens is 1. The van der Waals surface area contributed by atoms with Gasteiger partial charge in [-0.1, -0.05) is 20.8 Å². The molecular weight excluding hydrogens is 409 g/mol. The number of rotatable bonds is 5. The Morgan fingerprint density at radius 1 is 0.913 bits per heavy atom. The van der Waals surface area contributed by atoms with Crippen LogP contribution in [0.25, 0.3) is 0 Å². The number of aliphatic imine (C=N–C) groups is 1. The first-order chi connectivity index (χ1) is 9.95. The Hall–Kier alpha value is -1.06. The second-order valence-corrected chi connectivity index (χ2v) is 7.16. The van der Waals surface area contributed by atoms with Crippen LogP contribution >= 0.6 is 24.0 Å². The molecule has 0 aliphatic heterocycles. The number of amides is 2. The standard InChI is InChI=1S/C15H31N5O2.HI/c1-14(2,3)12(22)17-8-9-18-13(16-7)19-10-11(21)20-15(4,5)6;/h8-10H2,1-7H3,(H,17,22)(H,20,21)(H2,16,18,19);1H. The number of nitrogens with zero attached hydrogens (tertiary/aromatic N) is 1. The molecule has 136 valence electrons. The van der Waals surface area contributed by atoms with Gasteiger partial charge in [0.05, 0.1) is 6.54 Å². The van der Waals surface area contributed by atoms with E-state index in [1.165, 1.54) is 0 Å². The van der Waals surface area contributed by atoms with Crippen molar-refractivity contribution in [1.29, 1.82) is 0 Å². The molecule has 0 atom stereocenters. The average Bonchev–Trinajstić information content (AvgIpc) is 2.34. The normalized spacial score (nSPS) is 12.0. The van der Waals surface area contributed by atoms with E-state index in [9.17, 15) is 9.59 Å². The molecule has 0 aromatic rings. The lowest BCUT2D eigenvalue weighted by Crippen LogP contribution is -2.49. The van der Waals surface area contributed by atoms with Gasteiger partial charge in [0.1, 0.15) is 0 Å². The molecule has 0 unspecified atom stereocenters. The molecule has 23 heavy (non-hydrogen) atoms. The molecule has 8 heteroatoms. The van der Waals surface area contributed by atoms with E-state index in [4.69, 9.17) is 0 Å². The summed E-state index contributed by atoms with van der Waals surface area (Å²) in [7, 11) is 1.63. The number of hydrogen-bond acceptors (Lipinski definition) is 3. The Balaban J connectivity index is 0. The number of carbonyl (C=O) groups excluding carboxylic acids is 2. The molecule has 0 bridgehead atoms. The third kappa shape index (κ3) is 13.1. The van der Waals surface area contributed by atoms with Gasteiger partial charge in [-0.3, -0.25) is 14.6 Å². The summed E-state index contributed by atoms with van der Waals surface area (Å²) < 4.78 is 0. The van der Waals surface area contributed by atoms with E-state index in [0.717, 1.165) is 0 Å². The van der Waals surface area contributed by atoms with Gasteiger partial charge in [-0.15, -0.1) is 24.0 Å². The van der Waals surface area contributed by atoms with Crippen LogP contribution in [0, 0.1) is 5.41 Å². The van der Waals surface area contributed by atoms with Gasteiger partial charge in [0, 0.05) is 31.1 Å². The Labute approximate surface area is 156 Å². The molecule has 7 nitrogen and oxygen atoms in total. The molecule has 0 radical (unpaired) electrons. The lowest BCUT2D eigenvalue weighted by molar-refractivity contribution is -0.128. The molecule has 0 aromatic heterocycles. The second-order valence-electron chi connectivity index (χ2n) is 7.16. The predicted octanol–water partition coefficient (Wildman–Crippen LogP) is 0.846. The fourth-order valence-corrected chi connectivity index (χ4v) is 1.47. The average molecular weight is 441 g/mol. The van der Waals surface area contributed by atoms with Crippen LogP contribution in [-0.4, -0.2) is 50.0 Å². The minimum Gasteiger partial charge on any atom is -0.355 e. The van der Waals surface area contributed by atoms with E-state index >= 15 is 0 Å². The quantitative estimate of drug-likeness (QED) is 0.220. The molecule has 0 saturated carbocycles. The summed E-state index contributed by atoms with van der Waals surface area (Å²) in [6.07, 6.45) is 0. The number of nitrogens with one attached hydrogen (secondary N) is 4. The van der Waals surface area contributed by atoms with Crippen LogP contribution in [-0.2, 0) is 9.59 Å². The van der Waals surface area contributed by atoms with Gasteiger partial charge in [0.25, 0.3) is 0 Å². The van der Waals surface area contributed by atoms with Crippen LogP contribution in [0.15, 0.2) is 4.99 Å². The van der Waals surface area contributed by atoms with Gasteiger partial charge in [-0.05, 0) is 20.8 Å². The van der Waals surface area contributed by atoms with Crippen molar-refractivity contribution in [2.45, 2.75) is 47.1 Å².